The second kappa shape index (κ2) is 7.20. The number of aromatic nitrogens is 2. The lowest BCUT2D eigenvalue weighted by Gasteiger charge is -2.18. The van der Waals surface area contributed by atoms with Crippen molar-refractivity contribution in [2.24, 2.45) is 0 Å². The van der Waals surface area contributed by atoms with Crippen molar-refractivity contribution in [1.82, 2.24) is 14.7 Å². The summed E-state index contributed by atoms with van der Waals surface area (Å²) < 4.78 is 5.39. The highest BCUT2D eigenvalue weighted by Gasteiger charge is 2.13. The van der Waals surface area contributed by atoms with Gasteiger partial charge in [0.15, 0.2) is 4.34 Å². The summed E-state index contributed by atoms with van der Waals surface area (Å²) in [4.78, 5) is 4.51. The Morgan fingerprint density at radius 3 is 2.75 bits per heavy atom. The zero-order valence-corrected chi connectivity index (χ0v) is 14.1. The molecule has 0 aliphatic heterocycles. The summed E-state index contributed by atoms with van der Waals surface area (Å²) >= 11 is 3.28. The monoisotopic (exact) mass is 307 g/mol. The van der Waals surface area contributed by atoms with E-state index in [0.717, 1.165) is 22.3 Å². The second-order valence-corrected chi connectivity index (χ2v) is 6.86. The van der Waals surface area contributed by atoms with Crippen molar-refractivity contribution in [3.63, 3.8) is 0 Å². The molecule has 1 aromatic heterocycles. The first-order valence-corrected chi connectivity index (χ1v) is 8.59. The van der Waals surface area contributed by atoms with E-state index in [4.69, 9.17) is 0 Å². The van der Waals surface area contributed by atoms with E-state index in [2.05, 4.69) is 53.6 Å². The number of hydrogen-bond donors (Lipinski definition) is 1. The minimum absolute atomic E-state index is 0.342. The van der Waals surface area contributed by atoms with E-state index in [9.17, 15) is 0 Å². The molecule has 2 aromatic rings. The lowest BCUT2D eigenvalue weighted by atomic mass is 10.0. The molecule has 0 aliphatic carbocycles. The Morgan fingerprint density at radius 1 is 1.35 bits per heavy atom. The van der Waals surface area contributed by atoms with Crippen molar-refractivity contribution in [3.8, 4) is 0 Å². The molecule has 0 bridgehead atoms. The molecule has 0 fully saturated rings. The number of nitrogens with one attached hydrogen (secondary N) is 1. The summed E-state index contributed by atoms with van der Waals surface area (Å²) in [5, 5.41) is 3.41. The molecule has 0 aliphatic rings. The topological polar surface area (TPSA) is 37.8 Å². The lowest BCUT2D eigenvalue weighted by molar-refractivity contribution is 0.657. The molecule has 108 valence electrons. The van der Waals surface area contributed by atoms with Gasteiger partial charge in [-0.15, -0.1) is 0 Å². The number of benzene rings is 1. The average molecular weight is 307 g/mol. The van der Waals surface area contributed by atoms with Crippen molar-refractivity contribution in [1.29, 1.82) is 0 Å². The molecule has 1 N–H and O–H groups in total. The maximum absolute atomic E-state index is 4.51. The van der Waals surface area contributed by atoms with E-state index < -0.39 is 0 Å². The molecule has 0 saturated heterocycles. The van der Waals surface area contributed by atoms with Crippen LogP contribution in [0.25, 0.3) is 0 Å². The number of thioether (sulfide) groups is 1. The molecule has 0 saturated carbocycles. The fraction of sp³-hybridized carbons (Fsp3) is 0.467. The van der Waals surface area contributed by atoms with E-state index >= 15 is 0 Å². The van der Waals surface area contributed by atoms with Gasteiger partial charge in [0.25, 0.3) is 0 Å². The predicted octanol–water partition coefficient (Wildman–Crippen LogP) is 3.77. The van der Waals surface area contributed by atoms with Crippen molar-refractivity contribution >= 4 is 23.3 Å². The fourth-order valence-corrected chi connectivity index (χ4v) is 3.99. The third kappa shape index (κ3) is 3.81. The summed E-state index contributed by atoms with van der Waals surface area (Å²) in [5.74, 6) is 1.92. The van der Waals surface area contributed by atoms with Crippen molar-refractivity contribution in [3.05, 3.63) is 40.7 Å². The van der Waals surface area contributed by atoms with Gasteiger partial charge >= 0.3 is 0 Å². The second-order valence-electron chi connectivity index (χ2n) is 4.84. The number of hydrogen-bond acceptors (Lipinski definition) is 5. The third-order valence-electron chi connectivity index (χ3n) is 3.29. The first kappa shape index (κ1) is 15.5. The molecule has 20 heavy (non-hydrogen) atoms. The van der Waals surface area contributed by atoms with Crippen LogP contribution in [0.15, 0.2) is 22.5 Å². The van der Waals surface area contributed by atoms with Crippen LogP contribution in [0.3, 0.4) is 0 Å². The molecular weight excluding hydrogens is 286 g/mol. The van der Waals surface area contributed by atoms with Crippen molar-refractivity contribution in [2.75, 3.05) is 12.8 Å². The molecule has 3 nitrogen and oxygen atoms in total. The first-order valence-electron chi connectivity index (χ1n) is 6.83. The molecule has 1 heterocycles. The van der Waals surface area contributed by atoms with Crippen LogP contribution in [0.4, 0.5) is 0 Å². The van der Waals surface area contributed by atoms with E-state index in [-0.39, 0.29) is 0 Å². The average Bonchev–Trinajstić information content (AvgIpc) is 2.89. The van der Waals surface area contributed by atoms with Crippen molar-refractivity contribution < 1.29 is 0 Å². The van der Waals surface area contributed by atoms with Gasteiger partial charge in [-0.25, -0.2) is 4.98 Å². The van der Waals surface area contributed by atoms with Crippen LogP contribution in [0.2, 0.25) is 0 Å². The lowest BCUT2D eigenvalue weighted by Crippen LogP contribution is -2.19. The minimum atomic E-state index is 0.342. The standard InChI is InChI=1S/C15H21N3S2/c1-5-14-17-15(20-18-14)19-9-13(16-4)12-7-6-10(2)8-11(12)3/h6-8,13,16H,5,9H2,1-4H3. The van der Waals surface area contributed by atoms with Gasteiger partial charge in [-0.2, -0.15) is 4.37 Å². The van der Waals surface area contributed by atoms with E-state index in [1.807, 2.05) is 7.05 Å². The van der Waals surface area contributed by atoms with Gasteiger partial charge in [0.1, 0.15) is 5.82 Å². The van der Waals surface area contributed by atoms with Crippen LogP contribution in [0, 0.1) is 13.8 Å². The third-order valence-corrected chi connectivity index (χ3v) is 5.25. The first-order chi connectivity index (χ1) is 9.63. The Morgan fingerprint density at radius 2 is 2.15 bits per heavy atom. The van der Waals surface area contributed by atoms with Gasteiger partial charge in [-0.3, -0.25) is 0 Å². The Kier molecular flexibility index (Phi) is 5.57. The van der Waals surface area contributed by atoms with Crippen LogP contribution in [0.5, 0.6) is 0 Å². The van der Waals surface area contributed by atoms with Gasteiger partial charge in [0.05, 0.1) is 0 Å². The Hall–Kier alpha value is -0.910. The predicted molar refractivity (Wildman–Crippen MR) is 87.7 cm³/mol. The van der Waals surface area contributed by atoms with E-state index in [1.165, 1.54) is 28.2 Å². The highest BCUT2D eigenvalue weighted by atomic mass is 32.2. The molecule has 1 aromatic carbocycles. The minimum Gasteiger partial charge on any atom is -0.312 e. The SMILES string of the molecule is CCc1nsc(SCC(NC)c2ccc(C)cc2C)n1. The molecule has 1 atom stereocenters. The van der Waals surface area contributed by atoms with Gasteiger partial charge < -0.3 is 5.32 Å². The highest BCUT2D eigenvalue weighted by Crippen LogP contribution is 2.27. The molecule has 0 radical (unpaired) electrons. The molecule has 1 unspecified atom stereocenters. The van der Waals surface area contributed by atoms with Gasteiger partial charge in [-0.05, 0) is 43.6 Å². The number of nitrogens with zero attached hydrogens (tertiary/aromatic N) is 2. The highest BCUT2D eigenvalue weighted by molar-refractivity contribution is 8.00. The Labute approximate surface area is 129 Å². The molecule has 0 spiro atoms. The van der Waals surface area contributed by atoms with Gasteiger partial charge in [-0.1, -0.05) is 42.4 Å². The normalized spacial score (nSPS) is 12.6. The van der Waals surface area contributed by atoms with Crippen molar-refractivity contribution in [2.45, 2.75) is 37.6 Å². The van der Waals surface area contributed by atoms with E-state index in [0.29, 0.717) is 6.04 Å². The maximum Gasteiger partial charge on any atom is 0.170 e. The summed E-state index contributed by atoms with van der Waals surface area (Å²) in [6, 6.07) is 6.99. The quantitative estimate of drug-likeness (QED) is 0.824. The maximum atomic E-state index is 4.51. The molecule has 5 heteroatoms. The zero-order valence-electron chi connectivity index (χ0n) is 12.4. The molecular formula is C15H21N3S2. The van der Waals surface area contributed by atoms with Crippen LogP contribution in [0.1, 0.15) is 35.5 Å². The zero-order chi connectivity index (χ0) is 14.5. The summed E-state index contributed by atoms with van der Waals surface area (Å²) in [5.41, 5.74) is 4.02. The van der Waals surface area contributed by atoms with Gasteiger partial charge in [0, 0.05) is 18.2 Å². The Balaban J connectivity index is 2.05. The van der Waals surface area contributed by atoms with Crippen LogP contribution in [-0.2, 0) is 6.42 Å². The fourth-order valence-electron chi connectivity index (χ4n) is 2.14. The van der Waals surface area contributed by atoms with Crippen LogP contribution >= 0.6 is 23.3 Å². The largest absolute Gasteiger partial charge is 0.312 e. The smallest absolute Gasteiger partial charge is 0.170 e. The van der Waals surface area contributed by atoms with Crippen LogP contribution in [-0.4, -0.2) is 22.2 Å². The number of aryl methyl sites for hydroxylation is 3. The summed E-state index contributed by atoms with van der Waals surface area (Å²) in [6.45, 7) is 6.40. The van der Waals surface area contributed by atoms with Gasteiger partial charge in [0.2, 0.25) is 0 Å². The van der Waals surface area contributed by atoms with Crippen LogP contribution < -0.4 is 5.32 Å². The summed E-state index contributed by atoms with van der Waals surface area (Å²) in [7, 11) is 2.02. The molecule has 0 amide bonds. The summed E-state index contributed by atoms with van der Waals surface area (Å²) in [6.07, 6.45) is 0.906. The Bertz CT molecular complexity index is 566. The molecule has 2 rings (SSSR count). The number of rotatable bonds is 6. The van der Waals surface area contributed by atoms with E-state index in [1.54, 1.807) is 11.8 Å².